The molecule has 4 heteroatoms. The average molecular weight is 205 g/mol. The van der Waals surface area contributed by atoms with Crippen LogP contribution in [0.15, 0.2) is 36.1 Å². The Labute approximate surface area is 81.8 Å². The van der Waals surface area contributed by atoms with E-state index in [1.165, 1.54) is 12.2 Å². The summed E-state index contributed by atoms with van der Waals surface area (Å²) in [4.78, 5) is 0. The summed E-state index contributed by atoms with van der Waals surface area (Å²) in [7, 11) is 0. The van der Waals surface area contributed by atoms with Crippen LogP contribution in [-0.4, -0.2) is 6.18 Å². The Hall–Kier alpha value is -1.19. The Kier molecular flexibility index (Phi) is 5.05. The number of hydrogen-bond acceptors (Lipinski definition) is 1. The highest BCUT2D eigenvalue weighted by Crippen LogP contribution is 2.26. The fraction of sp³-hybridized carbons (Fsp3) is 0.400. The van der Waals surface area contributed by atoms with Crippen molar-refractivity contribution in [3.63, 3.8) is 0 Å². The number of allylic oxidation sites excluding steroid dienone is 5. The van der Waals surface area contributed by atoms with Gasteiger partial charge in [0.1, 0.15) is 0 Å². The Morgan fingerprint density at radius 3 is 2.36 bits per heavy atom. The topological polar surface area (TPSA) is 26.0 Å². The molecule has 0 saturated carbocycles. The fourth-order valence-corrected chi connectivity index (χ4v) is 0.690. The minimum Gasteiger partial charge on any atom is -0.399 e. The average Bonchev–Trinajstić information content (AvgIpc) is 2.02. The molecule has 0 aliphatic rings. The van der Waals surface area contributed by atoms with Crippen molar-refractivity contribution in [3.8, 4) is 0 Å². The monoisotopic (exact) mass is 205 g/mol. The molecule has 0 fully saturated rings. The zero-order valence-corrected chi connectivity index (χ0v) is 8.18. The standard InChI is InChI=1S/C10H14F3N/c1-3-5-9(14)7-4-6-8(2)10(11,12)13/h3-8H,14H2,1-2H3/b5-3-,6-4+,9-7+. The van der Waals surface area contributed by atoms with Crippen LogP contribution in [0.25, 0.3) is 0 Å². The van der Waals surface area contributed by atoms with E-state index in [0.717, 1.165) is 13.0 Å². The molecule has 0 aliphatic carbocycles. The van der Waals surface area contributed by atoms with E-state index in [-0.39, 0.29) is 0 Å². The highest BCUT2D eigenvalue weighted by atomic mass is 19.4. The third-order valence-corrected chi connectivity index (χ3v) is 1.56. The van der Waals surface area contributed by atoms with Gasteiger partial charge in [0.2, 0.25) is 0 Å². The molecule has 1 atom stereocenters. The molecule has 80 valence electrons. The maximum absolute atomic E-state index is 12.0. The van der Waals surface area contributed by atoms with Crippen molar-refractivity contribution in [2.45, 2.75) is 20.0 Å². The summed E-state index contributed by atoms with van der Waals surface area (Å²) in [5, 5.41) is 0. The van der Waals surface area contributed by atoms with E-state index in [1.807, 2.05) is 0 Å². The first-order valence-electron chi connectivity index (χ1n) is 4.21. The summed E-state index contributed by atoms with van der Waals surface area (Å²) in [5.74, 6) is -1.45. The fourth-order valence-electron chi connectivity index (χ4n) is 0.690. The van der Waals surface area contributed by atoms with E-state index in [4.69, 9.17) is 5.73 Å². The minimum absolute atomic E-state index is 0.429. The first-order chi connectivity index (χ1) is 6.38. The van der Waals surface area contributed by atoms with Gasteiger partial charge >= 0.3 is 6.18 Å². The van der Waals surface area contributed by atoms with Crippen molar-refractivity contribution in [3.05, 3.63) is 36.1 Å². The molecule has 0 amide bonds. The van der Waals surface area contributed by atoms with Gasteiger partial charge in [-0.3, -0.25) is 0 Å². The smallest absolute Gasteiger partial charge is 0.394 e. The number of halogens is 3. The summed E-state index contributed by atoms with van der Waals surface area (Å²) < 4.78 is 36.0. The van der Waals surface area contributed by atoms with Crippen molar-refractivity contribution in [1.82, 2.24) is 0 Å². The van der Waals surface area contributed by atoms with Crippen LogP contribution in [0.4, 0.5) is 13.2 Å². The second kappa shape index (κ2) is 5.52. The van der Waals surface area contributed by atoms with Crippen LogP contribution >= 0.6 is 0 Å². The van der Waals surface area contributed by atoms with Gasteiger partial charge in [0.25, 0.3) is 0 Å². The largest absolute Gasteiger partial charge is 0.399 e. The zero-order valence-electron chi connectivity index (χ0n) is 8.18. The second-order valence-electron chi connectivity index (χ2n) is 2.88. The Morgan fingerprint density at radius 2 is 1.93 bits per heavy atom. The van der Waals surface area contributed by atoms with Crippen molar-refractivity contribution < 1.29 is 13.2 Å². The zero-order chi connectivity index (χ0) is 11.2. The first kappa shape index (κ1) is 12.8. The van der Waals surface area contributed by atoms with E-state index in [0.29, 0.717) is 5.70 Å². The predicted octanol–water partition coefficient (Wildman–Crippen LogP) is 3.16. The molecule has 1 nitrogen and oxygen atoms in total. The third-order valence-electron chi connectivity index (χ3n) is 1.56. The van der Waals surface area contributed by atoms with Gasteiger partial charge in [-0.15, -0.1) is 0 Å². The summed E-state index contributed by atoms with van der Waals surface area (Å²) in [5.41, 5.74) is 5.85. The third kappa shape index (κ3) is 5.45. The summed E-state index contributed by atoms with van der Waals surface area (Å²) in [6.45, 7) is 2.87. The van der Waals surface area contributed by atoms with Gasteiger partial charge in [0.15, 0.2) is 0 Å². The van der Waals surface area contributed by atoms with Gasteiger partial charge in [-0.25, -0.2) is 0 Å². The molecule has 14 heavy (non-hydrogen) atoms. The molecule has 0 radical (unpaired) electrons. The molecular formula is C10H14F3N. The maximum atomic E-state index is 12.0. The summed E-state index contributed by atoms with van der Waals surface area (Å²) in [6, 6.07) is 0. The van der Waals surface area contributed by atoms with Crippen LogP contribution in [-0.2, 0) is 0 Å². The normalized spacial score (nSPS) is 16.8. The Bertz CT molecular complexity index is 249. The molecule has 0 rings (SSSR count). The van der Waals surface area contributed by atoms with Crippen LogP contribution in [0.3, 0.4) is 0 Å². The van der Waals surface area contributed by atoms with Gasteiger partial charge in [-0.1, -0.05) is 25.2 Å². The number of nitrogens with two attached hydrogens (primary N) is 1. The van der Waals surface area contributed by atoms with Crippen LogP contribution in [0.5, 0.6) is 0 Å². The molecule has 0 aromatic rings. The van der Waals surface area contributed by atoms with E-state index in [1.54, 1.807) is 19.1 Å². The molecule has 1 unspecified atom stereocenters. The minimum atomic E-state index is -4.18. The molecule has 0 aromatic carbocycles. The van der Waals surface area contributed by atoms with Gasteiger partial charge < -0.3 is 5.73 Å². The van der Waals surface area contributed by atoms with E-state index in [9.17, 15) is 13.2 Å². The number of alkyl halides is 3. The van der Waals surface area contributed by atoms with Gasteiger partial charge in [-0.05, 0) is 19.1 Å². The van der Waals surface area contributed by atoms with Crippen LogP contribution < -0.4 is 5.73 Å². The highest BCUT2D eigenvalue weighted by molar-refractivity contribution is 5.20. The SMILES string of the molecule is C\C=C/C(N)=C\C=C\C(C)C(F)(F)F. The lowest BCUT2D eigenvalue weighted by atomic mass is 10.1. The maximum Gasteiger partial charge on any atom is 0.394 e. The summed E-state index contributed by atoms with van der Waals surface area (Å²) in [6.07, 6.45) is 2.96. The molecule has 0 aromatic heterocycles. The number of rotatable bonds is 3. The lowest BCUT2D eigenvalue weighted by Gasteiger charge is -2.09. The van der Waals surface area contributed by atoms with Crippen LogP contribution in [0.2, 0.25) is 0 Å². The van der Waals surface area contributed by atoms with Gasteiger partial charge in [-0.2, -0.15) is 13.2 Å². The van der Waals surface area contributed by atoms with Crippen LogP contribution in [0, 0.1) is 5.92 Å². The Morgan fingerprint density at radius 1 is 1.36 bits per heavy atom. The molecule has 0 aliphatic heterocycles. The quantitative estimate of drug-likeness (QED) is 0.703. The first-order valence-corrected chi connectivity index (χ1v) is 4.21. The lowest BCUT2D eigenvalue weighted by molar-refractivity contribution is -0.156. The van der Waals surface area contributed by atoms with Gasteiger partial charge in [0.05, 0.1) is 5.92 Å². The molecule has 0 bridgehead atoms. The van der Waals surface area contributed by atoms with Crippen LogP contribution in [0.1, 0.15) is 13.8 Å². The van der Waals surface area contributed by atoms with Gasteiger partial charge in [0, 0.05) is 5.70 Å². The second-order valence-corrected chi connectivity index (χ2v) is 2.88. The molecule has 0 saturated heterocycles. The molecule has 0 spiro atoms. The summed E-state index contributed by atoms with van der Waals surface area (Å²) >= 11 is 0. The van der Waals surface area contributed by atoms with Crippen molar-refractivity contribution in [2.24, 2.45) is 11.7 Å². The highest BCUT2D eigenvalue weighted by Gasteiger charge is 2.33. The van der Waals surface area contributed by atoms with E-state index < -0.39 is 12.1 Å². The van der Waals surface area contributed by atoms with E-state index in [2.05, 4.69) is 0 Å². The van der Waals surface area contributed by atoms with E-state index >= 15 is 0 Å². The van der Waals surface area contributed by atoms with Crippen molar-refractivity contribution in [1.29, 1.82) is 0 Å². The lowest BCUT2D eigenvalue weighted by Crippen LogP contribution is -2.17. The molecular weight excluding hydrogens is 191 g/mol. The van der Waals surface area contributed by atoms with Crippen molar-refractivity contribution >= 4 is 0 Å². The Balaban J connectivity index is 4.26. The predicted molar refractivity (Wildman–Crippen MR) is 51.4 cm³/mol. The molecule has 0 heterocycles. The molecule has 2 N–H and O–H groups in total. The number of hydrogen-bond donors (Lipinski definition) is 1. The van der Waals surface area contributed by atoms with Crippen molar-refractivity contribution in [2.75, 3.05) is 0 Å².